The fraction of sp³-hybridized carbons (Fsp3) is 0.125. The zero-order valence-electron chi connectivity index (χ0n) is 12.4. The lowest BCUT2D eigenvalue weighted by Gasteiger charge is -2.05. The first-order valence-electron chi connectivity index (χ1n) is 7.00. The van der Waals surface area contributed by atoms with Crippen LogP contribution in [0, 0.1) is 6.92 Å². The maximum absolute atomic E-state index is 12.3. The van der Waals surface area contributed by atoms with Gasteiger partial charge >= 0.3 is 0 Å². The number of benzene rings is 1. The smallest absolute Gasteiger partial charge is 0.274 e. The lowest BCUT2D eigenvalue weighted by atomic mass is 10.2. The molecule has 7 heteroatoms. The molecule has 0 aliphatic rings. The summed E-state index contributed by atoms with van der Waals surface area (Å²) in [6.07, 6.45) is 3.37. The molecule has 2 aromatic heterocycles. The Labute approximate surface area is 138 Å². The molecule has 0 aliphatic heterocycles. The van der Waals surface area contributed by atoms with E-state index in [2.05, 4.69) is 20.6 Å². The molecule has 2 heterocycles. The molecule has 0 unspecified atom stereocenters. The number of hydrogen-bond donors (Lipinski definition) is 1. The molecule has 0 saturated carbocycles. The standard InChI is InChI=1S/C16H14ClN5O/c1-11-15(16(23)19-10-12-5-7-18-8-6-12)20-21-22(11)14-4-2-3-13(17)9-14/h2-9H,10H2,1H3,(H,19,23). The van der Waals surface area contributed by atoms with Gasteiger partial charge in [0.2, 0.25) is 0 Å². The molecule has 0 aliphatic carbocycles. The van der Waals surface area contributed by atoms with Crippen molar-refractivity contribution in [2.45, 2.75) is 13.5 Å². The van der Waals surface area contributed by atoms with E-state index in [-0.39, 0.29) is 5.91 Å². The molecule has 1 aromatic carbocycles. The van der Waals surface area contributed by atoms with Gasteiger partial charge in [0, 0.05) is 24.0 Å². The Balaban J connectivity index is 1.77. The molecule has 116 valence electrons. The average Bonchev–Trinajstić information content (AvgIpc) is 2.95. The topological polar surface area (TPSA) is 72.7 Å². The van der Waals surface area contributed by atoms with E-state index in [1.165, 1.54) is 0 Å². The highest BCUT2D eigenvalue weighted by atomic mass is 35.5. The van der Waals surface area contributed by atoms with E-state index in [0.29, 0.717) is 23.0 Å². The van der Waals surface area contributed by atoms with E-state index in [9.17, 15) is 4.79 Å². The predicted octanol–water partition coefficient (Wildman–Crippen LogP) is 2.55. The van der Waals surface area contributed by atoms with E-state index in [1.807, 2.05) is 24.3 Å². The first-order valence-corrected chi connectivity index (χ1v) is 7.38. The van der Waals surface area contributed by atoms with Gasteiger partial charge in [-0.05, 0) is 42.8 Å². The number of carbonyl (C=O) groups is 1. The van der Waals surface area contributed by atoms with Crippen molar-refractivity contribution in [1.29, 1.82) is 0 Å². The summed E-state index contributed by atoms with van der Waals surface area (Å²) in [5.41, 5.74) is 2.67. The summed E-state index contributed by atoms with van der Waals surface area (Å²) >= 11 is 5.99. The van der Waals surface area contributed by atoms with Crippen LogP contribution in [0.2, 0.25) is 5.02 Å². The predicted molar refractivity (Wildman–Crippen MR) is 86.5 cm³/mol. The average molecular weight is 328 g/mol. The number of pyridine rings is 1. The van der Waals surface area contributed by atoms with Crippen LogP contribution in [0.5, 0.6) is 0 Å². The summed E-state index contributed by atoms with van der Waals surface area (Å²) in [4.78, 5) is 16.2. The van der Waals surface area contributed by atoms with E-state index in [1.54, 1.807) is 36.1 Å². The van der Waals surface area contributed by atoms with Crippen LogP contribution in [0.1, 0.15) is 21.7 Å². The minimum Gasteiger partial charge on any atom is -0.347 e. The lowest BCUT2D eigenvalue weighted by Crippen LogP contribution is -2.24. The fourth-order valence-corrected chi connectivity index (χ4v) is 2.34. The molecule has 0 spiro atoms. The number of nitrogens with one attached hydrogen (secondary N) is 1. The van der Waals surface area contributed by atoms with Crippen LogP contribution in [0.3, 0.4) is 0 Å². The van der Waals surface area contributed by atoms with Crippen molar-refractivity contribution in [2.24, 2.45) is 0 Å². The Morgan fingerprint density at radius 1 is 1.26 bits per heavy atom. The van der Waals surface area contributed by atoms with Crippen LogP contribution in [0.15, 0.2) is 48.8 Å². The highest BCUT2D eigenvalue weighted by molar-refractivity contribution is 6.30. The van der Waals surface area contributed by atoms with E-state index < -0.39 is 0 Å². The minimum absolute atomic E-state index is 0.271. The molecule has 6 nitrogen and oxygen atoms in total. The van der Waals surface area contributed by atoms with Gasteiger partial charge in [0.05, 0.1) is 11.4 Å². The second kappa shape index (κ2) is 6.58. The van der Waals surface area contributed by atoms with Gasteiger partial charge in [-0.15, -0.1) is 5.10 Å². The van der Waals surface area contributed by atoms with Crippen molar-refractivity contribution >= 4 is 17.5 Å². The van der Waals surface area contributed by atoms with E-state index in [4.69, 9.17) is 11.6 Å². The number of halogens is 1. The van der Waals surface area contributed by atoms with Gasteiger partial charge in [-0.1, -0.05) is 22.9 Å². The molecule has 0 radical (unpaired) electrons. The van der Waals surface area contributed by atoms with Gasteiger partial charge in [0.25, 0.3) is 5.91 Å². The molecule has 1 N–H and O–H groups in total. The Bertz CT molecular complexity index is 831. The molecule has 1 amide bonds. The summed E-state index contributed by atoms with van der Waals surface area (Å²) in [7, 11) is 0. The van der Waals surface area contributed by atoms with Gasteiger partial charge in [-0.2, -0.15) is 0 Å². The highest BCUT2D eigenvalue weighted by Gasteiger charge is 2.17. The number of carbonyl (C=O) groups excluding carboxylic acids is 1. The summed E-state index contributed by atoms with van der Waals surface area (Å²) < 4.78 is 1.59. The summed E-state index contributed by atoms with van der Waals surface area (Å²) in [6, 6.07) is 10.9. The van der Waals surface area contributed by atoms with Crippen LogP contribution >= 0.6 is 11.6 Å². The zero-order chi connectivity index (χ0) is 16.2. The van der Waals surface area contributed by atoms with Crippen LogP contribution < -0.4 is 5.32 Å². The molecule has 23 heavy (non-hydrogen) atoms. The molecule has 0 bridgehead atoms. The molecule has 0 saturated heterocycles. The number of hydrogen-bond acceptors (Lipinski definition) is 4. The van der Waals surface area contributed by atoms with Crippen LogP contribution in [0.4, 0.5) is 0 Å². The van der Waals surface area contributed by atoms with Crippen molar-refractivity contribution < 1.29 is 4.79 Å². The van der Waals surface area contributed by atoms with Crippen LogP contribution in [-0.2, 0) is 6.54 Å². The molecular formula is C16H14ClN5O. The van der Waals surface area contributed by atoms with Crippen LogP contribution in [0.25, 0.3) is 5.69 Å². The molecule has 3 aromatic rings. The number of rotatable bonds is 4. The third-order valence-electron chi connectivity index (χ3n) is 3.36. The normalized spacial score (nSPS) is 10.5. The number of nitrogens with zero attached hydrogens (tertiary/aromatic N) is 4. The fourth-order valence-electron chi connectivity index (χ4n) is 2.16. The SMILES string of the molecule is Cc1c(C(=O)NCc2ccncc2)nnn1-c1cccc(Cl)c1. The van der Waals surface area contributed by atoms with Gasteiger partial charge < -0.3 is 5.32 Å². The minimum atomic E-state index is -0.271. The second-order valence-corrected chi connectivity index (χ2v) is 5.39. The molecule has 3 rings (SSSR count). The summed E-state index contributed by atoms with van der Waals surface area (Å²) in [5.74, 6) is -0.271. The Morgan fingerprint density at radius 2 is 2.04 bits per heavy atom. The Hall–Kier alpha value is -2.73. The van der Waals surface area contributed by atoms with Crippen molar-refractivity contribution in [3.05, 3.63) is 70.8 Å². The van der Waals surface area contributed by atoms with Crippen molar-refractivity contribution in [3.8, 4) is 5.69 Å². The summed E-state index contributed by atoms with van der Waals surface area (Å²) in [5, 5.41) is 11.4. The van der Waals surface area contributed by atoms with Crippen LogP contribution in [-0.4, -0.2) is 25.9 Å². The van der Waals surface area contributed by atoms with Gasteiger partial charge in [-0.3, -0.25) is 9.78 Å². The third-order valence-corrected chi connectivity index (χ3v) is 3.60. The van der Waals surface area contributed by atoms with E-state index >= 15 is 0 Å². The number of aromatic nitrogens is 4. The first kappa shape index (κ1) is 15.2. The maximum atomic E-state index is 12.3. The quantitative estimate of drug-likeness (QED) is 0.799. The van der Waals surface area contributed by atoms with Gasteiger partial charge in [0.15, 0.2) is 5.69 Å². The van der Waals surface area contributed by atoms with Gasteiger partial charge in [0.1, 0.15) is 0 Å². The number of amides is 1. The van der Waals surface area contributed by atoms with E-state index in [0.717, 1.165) is 11.3 Å². The summed E-state index contributed by atoms with van der Waals surface area (Å²) in [6.45, 7) is 2.20. The highest BCUT2D eigenvalue weighted by Crippen LogP contribution is 2.16. The Kier molecular flexibility index (Phi) is 4.34. The first-order chi connectivity index (χ1) is 11.1. The van der Waals surface area contributed by atoms with Crippen molar-refractivity contribution in [1.82, 2.24) is 25.3 Å². The maximum Gasteiger partial charge on any atom is 0.274 e. The lowest BCUT2D eigenvalue weighted by molar-refractivity contribution is 0.0945. The molecule has 0 atom stereocenters. The zero-order valence-corrected chi connectivity index (χ0v) is 13.2. The largest absolute Gasteiger partial charge is 0.347 e. The third kappa shape index (κ3) is 3.37. The van der Waals surface area contributed by atoms with Crippen molar-refractivity contribution in [3.63, 3.8) is 0 Å². The molecular weight excluding hydrogens is 314 g/mol. The Morgan fingerprint density at radius 3 is 2.78 bits per heavy atom. The van der Waals surface area contributed by atoms with Crippen molar-refractivity contribution in [2.75, 3.05) is 0 Å². The molecule has 0 fully saturated rings. The second-order valence-electron chi connectivity index (χ2n) is 4.95. The monoisotopic (exact) mass is 327 g/mol. The van der Waals surface area contributed by atoms with Gasteiger partial charge in [-0.25, -0.2) is 4.68 Å².